The molecule has 0 atom stereocenters. The highest BCUT2D eigenvalue weighted by Crippen LogP contribution is 2.39. The van der Waals surface area contributed by atoms with Crippen molar-refractivity contribution in [2.75, 3.05) is 16.6 Å². The zero-order valence-corrected chi connectivity index (χ0v) is 21.8. The zero-order valence-electron chi connectivity index (χ0n) is 20.2. The first-order valence-electron chi connectivity index (χ1n) is 11.4. The van der Waals surface area contributed by atoms with Crippen molar-refractivity contribution in [2.24, 2.45) is 0 Å². The molecule has 0 aliphatic heterocycles. The third-order valence-electron chi connectivity index (χ3n) is 5.99. The number of ether oxygens (including phenoxy) is 1. The number of fused-ring (bicyclic) bond motifs is 1. The molecule has 35 heavy (non-hydrogen) atoms. The lowest BCUT2D eigenvalue weighted by atomic mass is 10.1. The third-order valence-corrected chi connectivity index (χ3v) is 8.71. The Labute approximate surface area is 209 Å². The molecule has 1 aliphatic carbocycles. The number of aryl methyl sites for hydroxylation is 4. The van der Waals surface area contributed by atoms with Crippen molar-refractivity contribution in [1.29, 1.82) is 0 Å². The summed E-state index contributed by atoms with van der Waals surface area (Å²) in [6.45, 7) is 7.43. The number of nitrogens with one attached hydrogen (secondary N) is 2. The number of rotatable bonds is 7. The number of benzene rings is 2. The van der Waals surface area contributed by atoms with Crippen molar-refractivity contribution >= 4 is 43.9 Å². The average molecular weight is 513 g/mol. The van der Waals surface area contributed by atoms with Crippen LogP contribution in [-0.4, -0.2) is 26.9 Å². The average Bonchev–Trinajstić information content (AvgIpc) is 3.36. The molecule has 9 heteroatoms. The molecule has 7 nitrogen and oxygen atoms in total. The number of anilines is 2. The maximum absolute atomic E-state index is 13.2. The molecule has 0 bridgehead atoms. The lowest BCUT2D eigenvalue weighted by Crippen LogP contribution is -2.18. The summed E-state index contributed by atoms with van der Waals surface area (Å²) in [5, 5.41) is 3.26. The van der Waals surface area contributed by atoms with E-state index in [0.717, 1.165) is 40.8 Å². The standard InChI is InChI=1S/C26H28N2O5S2/c1-5-33-26(30)23-19-7-6-8-21(19)34-25(23)27-24(29)18-11-10-16(3)22(14-18)35(31,32)28-20-12-9-15(2)13-17(20)4/h9-14,28H,5-8H2,1-4H3,(H,27,29). The zero-order chi connectivity index (χ0) is 25.3. The highest BCUT2D eigenvalue weighted by atomic mass is 32.2. The monoisotopic (exact) mass is 512 g/mol. The van der Waals surface area contributed by atoms with E-state index >= 15 is 0 Å². The molecule has 1 aromatic heterocycles. The summed E-state index contributed by atoms with van der Waals surface area (Å²) in [6, 6.07) is 10.00. The Kier molecular flexibility index (Phi) is 7.00. The first-order chi connectivity index (χ1) is 16.6. The van der Waals surface area contributed by atoms with Crippen LogP contribution in [0.25, 0.3) is 0 Å². The lowest BCUT2D eigenvalue weighted by molar-refractivity contribution is 0.0527. The van der Waals surface area contributed by atoms with E-state index in [2.05, 4.69) is 10.0 Å². The highest BCUT2D eigenvalue weighted by molar-refractivity contribution is 7.92. The fourth-order valence-corrected chi connectivity index (χ4v) is 6.92. The van der Waals surface area contributed by atoms with Gasteiger partial charge in [0.1, 0.15) is 5.00 Å². The molecule has 1 heterocycles. The molecule has 0 spiro atoms. The smallest absolute Gasteiger partial charge is 0.341 e. The van der Waals surface area contributed by atoms with E-state index in [1.54, 1.807) is 32.0 Å². The number of thiophene rings is 1. The fraction of sp³-hybridized carbons (Fsp3) is 0.308. The van der Waals surface area contributed by atoms with Gasteiger partial charge in [-0.1, -0.05) is 23.8 Å². The Balaban J connectivity index is 1.63. The largest absolute Gasteiger partial charge is 0.462 e. The molecule has 1 aliphatic rings. The van der Waals surface area contributed by atoms with Crippen LogP contribution in [0.15, 0.2) is 41.3 Å². The van der Waals surface area contributed by atoms with Gasteiger partial charge in [-0.2, -0.15) is 0 Å². The van der Waals surface area contributed by atoms with Crippen LogP contribution in [0.4, 0.5) is 10.7 Å². The van der Waals surface area contributed by atoms with Crippen molar-refractivity contribution in [3.63, 3.8) is 0 Å². The van der Waals surface area contributed by atoms with Gasteiger partial charge in [-0.05, 0) is 81.8 Å². The van der Waals surface area contributed by atoms with E-state index in [-0.39, 0.29) is 17.1 Å². The first kappa shape index (κ1) is 24.9. The molecule has 0 unspecified atom stereocenters. The van der Waals surface area contributed by atoms with Gasteiger partial charge in [0.05, 0.1) is 22.8 Å². The van der Waals surface area contributed by atoms with E-state index in [9.17, 15) is 18.0 Å². The summed E-state index contributed by atoms with van der Waals surface area (Å²) >= 11 is 1.38. The summed E-state index contributed by atoms with van der Waals surface area (Å²) in [5.74, 6) is -0.939. The van der Waals surface area contributed by atoms with Crippen LogP contribution in [0.1, 0.15) is 61.2 Å². The van der Waals surface area contributed by atoms with Gasteiger partial charge in [0.2, 0.25) is 0 Å². The summed E-state index contributed by atoms with van der Waals surface area (Å²) in [6.07, 6.45) is 2.60. The van der Waals surface area contributed by atoms with Crippen LogP contribution < -0.4 is 10.0 Å². The minimum atomic E-state index is -3.94. The summed E-state index contributed by atoms with van der Waals surface area (Å²) in [5.41, 5.74) is 4.36. The molecule has 3 aromatic rings. The van der Waals surface area contributed by atoms with Crippen LogP contribution in [0.5, 0.6) is 0 Å². The Morgan fingerprint density at radius 3 is 2.51 bits per heavy atom. The Morgan fingerprint density at radius 1 is 1.03 bits per heavy atom. The summed E-state index contributed by atoms with van der Waals surface area (Å²) < 4.78 is 34.3. The van der Waals surface area contributed by atoms with Crippen molar-refractivity contribution in [1.82, 2.24) is 0 Å². The number of sulfonamides is 1. The number of hydrogen-bond acceptors (Lipinski definition) is 6. The summed E-state index contributed by atoms with van der Waals surface area (Å²) in [7, 11) is -3.94. The number of esters is 1. The predicted octanol–water partition coefficient (Wildman–Crippen LogP) is 5.39. The molecule has 1 amide bonds. The number of amides is 1. The van der Waals surface area contributed by atoms with Gasteiger partial charge in [0.25, 0.3) is 15.9 Å². The molecular weight excluding hydrogens is 484 g/mol. The van der Waals surface area contributed by atoms with E-state index in [1.165, 1.54) is 17.4 Å². The molecule has 0 fully saturated rings. The van der Waals surface area contributed by atoms with E-state index in [0.29, 0.717) is 21.8 Å². The Hall–Kier alpha value is -3.17. The topological polar surface area (TPSA) is 102 Å². The number of carbonyl (C=O) groups excluding carboxylic acids is 2. The second kappa shape index (κ2) is 9.83. The van der Waals surface area contributed by atoms with Gasteiger partial charge in [-0.3, -0.25) is 9.52 Å². The predicted molar refractivity (Wildman–Crippen MR) is 138 cm³/mol. The molecule has 0 saturated carbocycles. The van der Waals surface area contributed by atoms with Crippen molar-refractivity contribution in [3.05, 3.63) is 74.7 Å². The second-order valence-electron chi connectivity index (χ2n) is 8.64. The number of hydrogen-bond donors (Lipinski definition) is 2. The molecular formula is C26H28N2O5S2. The maximum atomic E-state index is 13.2. The van der Waals surface area contributed by atoms with Crippen LogP contribution in [-0.2, 0) is 27.6 Å². The molecule has 0 saturated heterocycles. The Morgan fingerprint density at radius 2 is 1.80 bits per heavy atom. The van der Waals surface area contributed by atoms with E-state index in [4.69, 9.17) is 4.74 Å². The second-order valence-corrected chi connectivity index (χ2v) is 11.4. The molecule has 4 rings (SSSR count). The van der Waals surface area contributed by atoms with Gasteiger partial charge in [0.15, 0.2) is 0 Å². The van der Waals surface area contributed by atoms with Crippen LogP contribution >= 0.6 is 11.3 Å². The van der Waals surface area contributed by atoms with E-state index in [1.807, 2.05) is 26.0 Å². The van der Waals surface area contributed by atoms with Gasteiger partial charge < -0.3 is 10.1 Å². The minimum absolute atomic E-state index is 0.0180. The highest BCUT2D eigenvalue weighted by Gasteiger charge is 2.29. The third kappa shape index (κ3) is 5.11. The summed E-state index contributed by atoms with van der Waals surface area (Å²) in [4.78, 5) is 26.8. The normalized spacial score (nSPS) is 12.8. The van der Waals surface area contributed by atoms with Gasteiger partial charge in [-0.25, -0.2) is 13.2 Å². The quantitative estimate of drug-likeness (QED) is 0.413. The van der Waals surface area contributed by atoms with Crippen molar-refractivity contribution in [2.45, 2.75) is 51.9 Å². The molecule has 2 N–H and O–H groups in total. The fourth-order valence-electron chi connectivity index (χ4n) is 4.25. The SMILES string of the molecule is CCOC(=O)c1c(NC(=O)c2ccc(C)c(S(=O)(=O)Nc3ccc(C)cc3C)c2)sc2c1CCC2. The van der Waals surface area contributed by atoms with Crippen molar-refractivity contribution in [3.8, 4) is 0 Å². The van der Waals surface area contributed by atoms with E-state index < -0.39 is 21.9 Å². The molecule has 184 valence electrons. The molecule has 2 aromatic carbocycles. The Bertz CT molecular complexity index is 1420. The number of carbonyl (C=O) groups is 2. The van der Waals surface area contributed by atoms with Crippen molar-refractivity contribution < 1.29 is 22.7 Å². The van der Waals surface area contributed by atoms with Crippen LogP contribution in [0.2, 0.25) is 0 Å². The maximum Gasteiger partial charge on any atom is 0.341 e. The first-order valence-corrected chi connectivity index (χ1v) is 13.7. The van der Waals surface area contributed by atoms with Gasteiger partial charge >= 0.3 is 5.97 Å². The van der Waals surface area contributed by atoms with Gasteiger partial charge in [-0.15, -0.1) is 11.3 Å². The minimum Gasteiger partial charge on any atom is -0.462 e. The molecule has 0 radical (unpaired) electrons. The van der Waals surface area contributed by atoms with Gasteiger partial charge in [0, 0.05) is 10.4 Å². The lowest BCUT2D eigenvalue weighted by Gasteiger charge is -2.14. The van der Waals surface area contributed by atoms with Crippen LogP contribution in [0.3, 0.4) is 0 Å². The van der Waals surface area contributed by atoms with Crippen LogP contribution in [0, 0.1) is 20.8 Å².